The van der Waals surface area contributed by atoms with Gasteiger partial charge in [-0.3, -0.25) is 4.79 Å². The van der Waals surface area contributed by atoms with Crippen LogP contribution in [0, 0.1) is 19.7 Å². The van der Waals surface area contributed by atoms with E-state index in [0.29, 0.717) is 10.8 Å². The van der Waals surface area contributed by atoms with E-state index >= 15 is 0 Å². The first kappa shape index (κ1) is 17.1. The van der Waals surface area contributed by atoms with Crippen LogP contribution in [-0.4, -0.2) is 31.9 Å². The van der Waals surface area contributed by atoms with Crippen molar-refractivity contribution < 1.29 is 9.18 Å². The maximum absolute atomic E-state index is 13.2. The predicted octanol–water partition coefficient (Wildman–Crippen LogP) is 3.15. The third kappa shape index (κ3) is 4.03. The minimum Gasteiger partial charge on any atom is -0.325 e. The molecule has 1 heterocycles. The fourth-order valence-corrected chi connectivity index (χ4v) is 2.96. The van der Waals surface area contributed by atoms with Gasteiger partial charge in [0.2, 0.25) is 11.1 Å². The van der Waals surface area contributed by atoms with Gasteiger partial charge in [-0.2, -0.15) is 4.68 Å². The molecule has 6 nitrogen and oxygen atoms in total. The Kier molecular flexibility index (Phi) is 5.08. The van der Waals surface area contributed by atoms with Crippen LogP contribution in [0.2, 0.25) is 0 Å². The van der Waals surface area contributed by atoms with E-state index < -0.39 is 5.82 Å². The summed E-state index contributed by atoms with van der Waals surface area (Å²) in [5.41, 5.74) is 3.49. The smallest absolute Gasteiger partial charge is 0.234 e. The molecule has 1 amide bonds. The molecule has 0 atom stereocenters. The minimum absolute atomic E-state index is 0.113. The number of hydrogen-bond acceptors (Lipinski definition) is 5. The van der Waals surface area contributed by atoms with Gasteiger partial charge in [0, 0.05) is 5.69 Å². The first-order chi connectivity index (χ1) is 12.0. The molecule has 0 radical (unpaired) electrons. The Morgan fingerprint density at radius 2 is 2.04 bits per heavy atom. The summed E-state index contributed by atoms with van der Waals surface area (Å²) in [5.74, 6) is -0.544. The fourth-order valence-electron chi connectivity index (χ4n) is 2.28. The molecule has 0 aliphatic heterocycles. The standard InChI is InChI=1S/C17H16FN5OS/c1-11-5-3-8-15(12(11)2)23-17(20-21-22-23)25-10-16(24)19-14-7-4-6-13(18)9-14/h3-9H,10H2,1-2H3,(H,19,24). The lowest BCUT2D eigenvalue weighted by molar-refractivity contribution is -0.113. The van der Waals surface area contributed by atoms with E-state index in [2.05, 4.69) is 20.8 Å². The van der Waals surface area contributed by atoms with E-state index in [1.165, 1.54) is 23.9 Å². The van der Waals surface area contributed by atoms with Crippen molar-refractivity contribution in [3.05, 3.63) is 59.4 Å². The molecule has 2 aromatic carbocycles. The van der Waals surface area contributed by atoms with Crippen molar-refractivity contribution in [2.24, 2.45) is 0 Å². The summed E-state index contributed by atoms with van der Waals surface area (Å²) < 4.78 is 14.8. The number of nitrogens with zero attached hydrogens (tertiary/aromatic N) is 4. The van der Waals surface area contributed by atoms with E-state index in [9.17, 15) is 9.18 Å². The van der Waals surface area contributed by atoms with Gasteiger partial charge < -0.3 is 5.32 Å². The molecule has 0 aliphatic rings. The summed E-state index contributed by atoms with van der Waals surface area (Å²) in [6.07, 6.45) is 0. The lowest BCUT2D eigenvalue weighted by atomic mass is 10.1. The molecule has 0 fully saturated rings. The molecule has 25 heavy (non-hydrogen) atoms. The highest BCUT2D eigenvalue weighted by molar-refractivity contribution is 7.99. The number of halogens is 1. The molecule has 128 valence electrons. The second-order valence-electron chi connectivity index (χ2n) is 5.44. The van der Waals surface area contributed by atoms with E-state index in [0.717, 1.165) is 16.8 Å². The average molecular weight is 357 g/mol. The second kappa shape index (κ2) is 7.43. The van der Waals surface area contributed by atoms with Gasteiger partial charge in [0.25, 0.3) is 0 Å². The van der Waals surface area contributed by atoms with Crippen LogP contribution in [-0.2, 0) is 4.79 Å². The van der Waals surface area contributed by atoms with E-state index in [1.807, 2.05) is 32.0 Å². The van der Waals surface area contributed by atoms with Crippen LogP contribution in [0.1, 0.15) is 11.1 Å². The molecule has 0 saturated carbocycles. The van der Waals surface area contributed by atoms with Crippen LogP contribution in [0.3, 0.4) is 0 Å². The third-order valence-corrected chi connectivity index (χ3v) is 4.61. The monoisotopic (exact) mass is 357 g/mol. The molecule has 0 bridgehead atoms. The lowest BCUT2D eigenvalue weighted by Crippen LogP contribution is -2.14. The highest BCUT2D eigenvalue weighted by Gasteiger charge is 2.14. The van der Waals surface area contributed by atoms with Crippen LogP contribution in [0.15, 0.2) is 47.6 Å². The zero-order valence-corrected chi connectivity index (χ0v) is 14.5. The predicted molar refractivity (Wildman–Crippen MR) is 94.4 cm³/mol. The zero-order valence-electron chi connectivity index (χ0n) is 13.7. The Balaban J connectivity index is 1.69. The number of tetrazole rings is 1. The Bertz CT molecular complexity index is 912. The number of carbonyl (C=O) groups excluding carboxylic acids is 1. The maximum atomic E-state index is 13.2. The topological polar surface area (TPSA) is 72.7 Å². The van der Waals surface area contributed by atoms with Gasteiger partial charge in [0.1, 0.15) is 5.82 Å². The molecule has 0 aliphatic carbocycles. The number of amides is 1. The molecule has 3 rings (SSSR count). The van der Waals surface area contributed by atoms with Crippen LogP contribution >= 0.6 is 11.8 Å². The number of anilines is 1. The molecule has 0 saturated heterocycles. The van der Waals surface area contributed by atoms with Gasteiger partial charge in [0.05, 0.1) is 11.4 Å². The van der Waals surface area contributed by atoms with Crippen molar-refractivity contribution in [1.29, 1.82) is 0 Å². The minimum atomic E-state index is -0.399. The van der Waals surface area contributed by atoms with Crippen LogP contribution in [0.5, 0.6) is 0 Å². The quantitative estimate of drug-likeness (QED) is 0.710. The van der Waals surface area contributed by atoms with Crippen LogP contribution in [0.25, 0.3) is 5.69 Å². The molecule has 1 N–H and O–H groups in total. The van der Waals surface area contributed by atoms with E-state index in [4.69, 9.17) is 0 Å². The number of carbonyl (C=O) groups is 1. The number of thioether (sulfide) groups is 1. The van der Waals surface area contributed by atoms with E-state index in [1.54, 1.807) is 16.8 Å². The summed E-state index contributed by atoms with van der Waals surface area (Å²) in [6, 6.07) is 11.6. The second-order valence-corrected chi connectivity index (χ2v) is 6.38. The highest BCUT2D eigenvalue weighted by atomic mass is 32.2. The summed E-state index contributed by atoms with van der Waals surface area (Å²) in [7, 11) is 0. The van der Waals surface area contributed by atoms with Crippen LogP contribution in [0.4, 0.5) is 10.1 Å². The summed E-state index contributed by atoms with van der Waals surface area (Å²) in [6.45, 7) is 4.01. The molecule has 8 heteroatoms. The first-order valence-corrected chi connectivity index (χ1v) is 8.56. The lowest BCUT2D eigenvalue weighted by Gasteiger charge is -2.09. The van der Waals surface area contributed by atoms with Crippen molar-refractivity contribution in [3.8, 4) is 5.69 Å². The van der Waals surface area contributed by atoms with Crippen molar-refractivity contribution >= 4 is 23.4 Å². The summed E-state index contributed by atoms with van der Waals surface area (Å²) in [4.78, 5) is 12.1. The van der Waals surface area contributed by atoms with Gasteiger partial charge in [-0.05, 0) is 59.7 Å². The van der Waals surface area contributed by atoms with Gasteiger partial charge in [-0.25, -0.2) is 4.39 Å². The van der Waals surface area contributed by atoms with Crippen LogP contribution < -0.4 is 5.32 Å². The SMILES string of the molecule is Cc1cccc(-n2nnnc2SCC(=O)Nc2cccc(F)c2)c1C. The highest BCUT2D eigenvalue weighted by Crippen LogP contribution is 2.22. The van der Waals surface area contributed by atoms with Crippen molar-refractivity contribution in [1.82, 2.24) is 20.2 Å². The Hall–Kier alpha value is -2.74. The average Bonchev–Trinajstić information content (AvgIpc) is 3.04. The normalized spacial score (nSPS) is 10.7. The van der Waals surface area contributed by atoms with Crippen molar-refractivity contribution in [2.45, 2.75) is 19.0 Å². The Morgan fingerprint density at radius 3 is 2.84 bits per heavy atom. The molecule has 0 spiro atoms. The maximum Gasteiger partial charge on any atom is 0.234 e. The number of rotatable bonds is 5. The Labute approximate surface area is 148 Å². The van der Waals surface area contributed by atoms with Gasteiger partial charge in [-0.1, -0.05) is 30.0 Å². The number of aromatic nitrogens is 4. The summed E-state index contributed by atoms with van der Waals surface area (Å²) >= 11 is 1.22. The number of benzene rings is 2. The number of hydrogen-bond donors (Lipinski definition) is 1. The van der Waals surface area contributed by atoms with Gasteiger partial charge >= 0.3 is 0 Å². The fraction of sp³-hybridized carbons (Fsp3) is 0.176. The third-order valence-electron chi connectivity index (χ3n) is 3.69. The zero-order chi connectivity index (χ0) is 17.8. The van der Waals surface area contributed by atoms with E-state index in [-0.39, 0.29) is 11.7 Å². The van der Waals surface area contributed by atoms with Crippen molar-refractivity contribution in [3.63, 3.8) is 0 Å². The number of aryl methyl sites for hydroxylation is 1. The van der Waals surface area contributed by atoms with Crippen molar-refractivity contribution in [2.75, 3.05) is 11.1 Å². The molecule has 1 aromatic heterocycles. The molecular formula is C17H16FN5OS. The largest absolute Gasteiger partial charge is 0.325 e. The first-order valence-electron chi connectivity index (χ1n) is 7.58. The van der Waals surface area contributed by atoms with Gasteiger partial charge in [-0.15, -0.1) is 5.10 Å². The van der Waals surface area contributed by atoms with Gasteiger partial charge in [0.15, 0.2) is 0 Å². The Morgan fingerprint density at radius 1 is 1.24 bits per heavy atom. The molecule has 0 unspecified atom stereocenters. The molecule has 3 aromatic rings. The molecular weight excluding hydrogens is 341 g/mol. The number of nitrogens with one attached hydrogen (secondary N) is 1. The summed E-state index contributed by atoms with van der Waals surface area (Å²) in [5, 5.41) is 14.9.